The van der Waals surface area contributed by atoms with Crippen LogP contribution in [0.1, 0.15) is 17.8 Å². The second kappa shape index (κ2) is 5.18. The number of hydrogen-bond donors (Lipinski definition) is 1. The number of nitrogens with zero attached hydrogens (tertiary/aromatic N) is 2. The van der Waals surface area contributed by atoms with Crippen molar-refractivity contribution in [3.63, 3.8) is 0 Å². The minimum Gasteiger partial charge on any atom is -0.427 e. The standard InChI is InChI=1S/C12H11F2N3OS/c13-8-2-1-3-9(11(8)14)18-12-17-16-10(19-12)6-15-7-4-5-7/h1-3,7,15H,4-6H2. The summed E-state index contributed by atoms with van der Waals surface area (Å²) in [4.78, 5) is 0. The summed E-state index contributed by atoms with van der Waals surface area (Å²) < 4.78 is 31.6. The SMILES string of the molecule is Fc1cccc(Oc2nnc(CNC3CC3)s2)c1F. The number of nitrogens with one attached hydrogen (secondary N) is 1. The molecule has 0 bridgehead atoms. The Morgan fingerprint density at radius 2 is 2.16 bits per heavy atom. The van der Waals surface area contributed by atoms with Gasteiger partial charge in [0, 0.05) is 6.04 Å². The van der Waals surface area contributed by atoms with Crippen LogP contribution in [0.4, 0.5) is 8.78 Å². The molecule has 1 aliphatic rings. The van der Waals surface area contributed by atoms with Crippen LogP contribution in [-0.2, 0) is 6.54 Å². The van der Waals surface area contributed by atoms with Gasteiger partial charge in [-0.15, -0.1) is 5.10 Å². The first-order chi connectivity index (χ1) is 9.22. The fraction of sp³-hybridized carbons (Fsp3) is 0.333. The topological polar surface area (TPSA) is 47.0 Å². The summed E-state index contributed by atoms with van der Waals surface area (Å²) in [6.07, 6.45) is 2.38. The van der Waals surface area contributed by atoms with Crippen LogP contribution in [0.3, 0.4) is 0 Å². The van der Waals surface area contributed by atoms with E-state index < -0.39 is 11.6 Å². The van der Waals surface area contributed by atoms with Crippen molar-refractivity contribution >= 4 is 11.3 Å². The summed E-state index contributed by atoms with van der Waals surface area (Å²) in [7, 11) is 0. The van der Waals surface area contributed by atoms with Crippen LogP contribution in [0.15, 0.2) is 18.2 Å². The number of rotatable bonds is 5. The van der Waals surface area contributed by atoms with Gasteiger partial charge in [0.05, 0.1) is 6.54 Å². The van der Waals surface area contributed by atoms with E-state index in [1.165, 1.54) is 36.3 Å². The predicted octanol–water partition coefficient (Wildman–Crippen LogP) is 2.86. The van der Waals surface area contributed by atoms with Crippen molar-refractivity contribution in [2.24, 2.45) is 0 Å². The van der Waals surface area contributed by atoms with Crippen molar-refractivity contribution < 1.29 is 13.5 Å². The molecule has 100 valence electrons. The molecule has 1 heterocycles. The fourth-order valence-electron chi connectivity index (χ4n) is 1.53. The molecular weight excluding hydrogens is 272 g/mol. The summed E-state index contributed by atoms with van der Waals surface area (Å²) >= 11 is 1.22. The van der Waals surface area contributed by atoms with E-state index in [-0.39, 0.29) is 10.9 Å². The van der Waals surface area contributed by atoms with E-state index >= 15 is 0 Å². The first-order valence-corrected chi connectivity index (χ1v) is 6.71. The van der Waals surface area contributed by atoms with E-state index in [4.69, 9.17) is 4.74 Å². The highest BCUT2D eigenvalue weighted by Crippen LogP contribution is 2.28. The molecule has 0 aliphatic heterocycles. The quantitative estimate of drug-likeness (QED) is 0.916. The van der Waals surface area contributed by atoms with Gasteiger partial charge < -0.3 is 10.1 Å². The average Bonchev–Trinajstić information content (AvgIpc) is 3.13. The largest absolute Gasteiger partial charge is 0.427 e. The molecule has 1 aromatic carbocycles. The van der Waals surface area contributed by atoms with Crippen LogP contribution in [0.25, 0.3) is 0 Å². The third-order valence-corrected chi connectivity index (χ3v) is 3.48. The van der Waals surface area contributed by atoms with E-state index in [2.05, 4.69) is 15.5 Å². The number of hydrogen-bond acceptors (Lipinski definition) is 5. The maximum atomic E-state index is 13.4. The molecule has 1 fully saturated rings. The summed E-state index contributed by atoms with van der Waals surface area (Å²) in [6, 6.07) is 4.34. The van der Waals surface area contributed by atoms with Gasteiger partial charge in [0.1, 0.15) is 5.01 Å². The number of aromatic nitrogens is 2. The normalized spacial score (nSPS) is 14.6. The van der Waals surface area contributed by atoms with Crippen molar-refractivity contribution in [3.8, 4) is 10.9 Å². The Bertz CT molecular complexity index is 586. The summed E-state index contributed by atoms with van der Waals surface area (Å²) in [5, 5.41) is 12.0. The highest BCUT2D eigenvalue weighted by Gasteiger charge is 2.21. The molecule has 0 spiro atoms. The summed E-state index contributed by atoms with van der Waals surface area (Å²) in [5.74, 6) is -2.15. The van der Waals surface area contributed by atoms with Crippen LogP contribution in [0, 0.1) is 11.6 Å². The lowest BCUT2D eigenvalue weighted by Gasteiger charge is -2.02. The van der Waals surface area contributed by atoms with Gasteiger partial charge in [0.15, 0.2) is 11.6 Å². The number of ether oxygens (including phenoxy) is 1. The average molecular weight is 283 g/mol. The Labute approximate surface area is 112 Å². The molecule has 1 saturated carbocycles. The number of halogens is 2. The van der Waals surface area contributed by atoms with Crippen LogP contribution < -0.4 is 10.1 Å². The Balaban J connectivity index is 1.67. The molecule has 0 unspecified atom stereocenters. The molecule has 3 rings (SSSR count). The Hall–Kier alpha value is -1.60. The lowest BCUT2D eigenvalue weighted by atomic mass is 10.3. The molecule has 2 aromatic rings. The Morgan fingerprint density at radius 1 is 1.32 bits per heavy atom. The molecule has 0 radical (unpaired) electrons. The lowest BCUT2D eigenvalue weighted by molar-refractivity contribution is 0.411. The smallest absolute Gasteiger partial charge is 0.299 e. The second-order valence-electron chi connectivity index (χ2n) is 4.27. The Kier molecular flexibility index (Phi) is 3.39. The fourth-order valence-corrected chi connectivity index (χ4v) is 2.18. The molecule has 7 heteroatoms. The van der Waals surface area contributed by atoms with Gasteiger partial charge in [-0.05, 0) is 25.0 Å². The van der Waals surface area contributed by atoms with E-state index in [0.29, 0.717) is 12.6 Å². The molecule has 0 atom stereocenters. The zero-order valence-electron chi connectivity index (χ0n) is 9.90. The minimum atomic E-state index is -1.02. The third kappa shape index (κ3) is 3.05. The summed E-state index contributed by atoms with van der Waals surface area (Å²) in [6.45, 7) is 0.622. The lowest BCUT2D eigenvalue weighted by Crippen LogP contribution is -2.14. The van der Waals surface area contributed by atoms with Crippen molar-refractivity contribution in [1.29, 1.82) is 0 Å². The van der Waals surface area contributed by atoms with Crippen molar-refractivity contribution in [2.45, 2.75) is 25.4 Å². The first-order valence-electron chi connectivity index (χ1n) is 5.90. The van der Waals surface area contributed by atoms with Gasteiger partial charge in [-0.25, -0.2) is 4.39 Å². The van der Waals surface area contributed by atoms with E-state index in [9.17, 15) is 8.78 Å². The van der Waals surface area contributed by atoms with Crippen LogP contribution >= 0.6 is 11.3 Å². The zero-order valence-corrected chi connectivity index (χ0v) is 10.7. The van der Waals surface area contributed by atoms with Gasteiger partial charge in [-0.3, -0.25) is 0 Å². The molecule has 4 nitrogen and oxygen atoms in total. The maximum Gasteiger partial charge on any atom is 0.299 e. The van der Waals surface area contributed by atoms with Crippen molar-refractivity contribution in [2.75, 3.05) is 0 Å². The highest BCUT2D eigenvalue weighted by molar-refractivity contribution is 7.13. The third-order valence-electron chi connectivity index (χ3n) is 2.68. The van der Waals surface area contributed by atoms with Gasteiger partial charge in [0.25, 0.3) is 5.19 Å². The van der Waals surface area contributed by atoms with Gasteiger partial charge in [0.2, 0.25) is 5.82 Å². The van der Waals surface area contributed by atoms with E-state index in [1.807, 2.05) is 0 Å². The molecule has 19 heavy (non-hydrogen) atoms. The number of benzene rings is 1. The van der Waals surface area contributed by atoms with Crippen LogP contribution in [0.2, 0.25) is 0 Å². The van der Waals surface area contributed by atoms with Gasteiger partial charge >= 0.3 is 0 Å². The molecule has 0 amide bonds. The Morgan fingerprint density at radius 3 is 2.95 bits per heavy atom. The van der Waals surface area contributed by atoms with Crippen molar-refractivity contribution in [3.05, 3.63) is 34.8 Å². The van der Waals surface area contributed by atoms with Gasteiger partial charge in [-0.1, -0.05) is 22.5 Å². The maximum absolute atomic E-state index is 13.4. The van der Waals surface area contributed by atoms with Crippen molar-refractivity contribution in [1.82, 2.24) is 15.5 Å². The predicted molar refractivity (Wildman–Crippen MR) is 66.2 cm³/mol. The highest BCUT2D eigenvalue weighted by atomic mass is 32.1. The monoisotopic (exact) mass is 283 g/mol. The van der Waals surface area contributed by atoms with E-state index in [1.54, 1.807) is 0 Å². The van der Waals surface area contributed by atoms with Crippen LogP contribution in [0.5, 0.6) is 10.9 Å². The first kappa shape index (κ1) is 12.4. The molecule has 1 aliphatic carbocycles. The second-order valence-corrected chi connectivity index (χ2v) is 5.30. The zero-order chi connectivity index (χ0) is 13.2. The molecule has 1 aromatic heterocycles. The summed E-state index contributed by atoms with van der Waals surface area (Å²) in [5.41, 5.74) is 0. The van der Waals surface area contributed by atoms with Gasteiger partial charge in [-0.2, -0.15) is 4.39 Å². The molecule has 1 N–H and O–H groups in total. The molecule has 0 saturated heterocycles. The molecular formula is C12H11F2N3OS. The van der Waals surface area contributed by atoms with Crippen LogP contribution in [-0.4, -0.2) is 16.2 Å². The van der Waals surface area contributed by atoms with E-state index in [0.717, 1.165) is 11.1 Å². The minimum absolute atomic E-state index is 0.183.